The van der Waals surface area contributed by atoms with Gasteiger partial charge in [-0.1, -0.05) is 30.0 Å². The molecule has 0 aliphatic rings. The van der Waals surface area contributed by atoms with Crippen molar-refractivity contribution < 1.29 is 17.2 Å². The molecule has 0 radical (unpaired) electrons. The Bertz CT molecular complexity index is 659. The zero-order valence-corrected chi connectivity index (χ0v) is 11.8. The number of benzene rings is 2. The van der Waals surface area contributed by atoms with Gasteiger partial charge in [-0.05, 0) is 36.4 Å². The average Bonchev–Trinajstić information content (AvgIpc) is 2.41. The van der Waals surface area contributed by atoms with E-state index in [2.05, 4.69) is 4.72 Å². The zero-order valence-electron chi connectivity index (χ0n) is 10.2. The summed E-state index contributed by atoms with van der Waals surface area (Å²) in [5.74, 6) is -2.50. The Morgan fingerprint density at radius 2 is 1.55 bits per heavy atom. The van der Waals surface area contributed by atoms with E-state index in [4.69, 9.17) is 0 Å². The lowest BCUT2D eigenvalue weighted by molar-refractivity contribution is 0.252. The van der Waals surface area contributed by atoms with Crippen molar-refractivity contribution in [2.24, 2.45) is 0 Å². The third-order valence-electron chi connectivity index (χ3n) is 2.39. The van der Waals surface area contributed by atoms with E-state index < -0.39 is 15.8 Å². The summed E-state index contributed by atoms with van der Waals surface area (Å²) < 4.78 is 50.8. The molecule has 0 unspecified atom stereocenters. The molecule has 2 aromatic carbocycles. The van der Waals surface area contributed by atoms with Gasteiger partial charge in [0.15, 0.2) is 0 Å². The van der Waals surface area contributed by atoms with Crippen LogP contribution in [0.2, 0.25) is 0 Å². The molecule has 0 atom stereocenters. The molecule has 7 heteroatoms. The van der Waals surface area contributed by atoms with Crippen molar-refractivity contribution >= 4 is 27.5 Å². The zero-order chi connectivity index (χ0) is 14.6. The minimum absolute atomic E-state index is 0.144. The van der Waals surface area contributed by atoms with Gasteiger partial charge in [-0.25, -0.2) is 8.42 Å². The SMILES string of the molecule is O=S(=O)(Nc1ccc(SC(F)F)cc1)c1ccccc1. The Hall–Kier alpha value is -1.60. The van der Waals surface area contributed by atoms with Gasteiger partial charge in [0.05, 0.1) is 4.90 Å². The molecule has 0 aliphatic heterocycles. The minimum Gasteiger partial charge on any atom is -0.280 e. The molecular formula is C13H11F2NO2S2. The highest BCUT2D eigenvalue weighted by molar-refractivity contribution is 7.99. The highest BCUT2D eigenvalue weighted by Gasteiger charge is 2.13. The first kappa shape index (κ1) is 14.8. The molecule has 0 aromatic heterocycles. The molecule has 0 saturated heterocycles. The van der Waals surface area contributed by atoms with Crippen LogP contribution in [0, 0.1) is 0 Å². The van der Waals surface area contributed by atoms with Crippen LogP contribution in [0.1, 0.15) is 0 Å². The van der Waals surface area contributed by atoms with Crippen molar-refractivity contribution in [3.05, 3.63) is 54.6 Å². The standard InChI is InChI=1S/C13H11F2NO2S2/c14-13(15)19-11-8-6-10(7-9-11)16-20(17,18)12-4-2-1-3-5-12/h1-9,13,16H. The predicted molar refractivity (Wildman–Crippen MR) is 75.6 cm³/mol. The van der Waals surface area contributed by atoms with Crippen LogP contribution in [0.25, 0.3) is 0 Å². The lowest BCUT2D eigenvalue weighted by atomic mass is 10.3. The fraction of sp³-hybridized carbons (Fsp3) is 0.0769. The maximum Gasteiger partial charge on any atom is 0.288 e. The first-order chi connectivity index (χ1) is 9.47. The molecule has 3 nitrogen and oxygen atoms in total. The molecule has 0 fully saturated rings. The van der Waals surface area contributed by atoms with E-state index >= 15 is 0 Å². The third kappa shape index (κ3) is 3.94. The van der Waals surface area contributed by atoms with E-state index in [9.17, 15) is 17.2 Å². The Morgan fingerprint density at radius 3 is 2.10 bits per heavy atom. The van der Waals surface area contributed by atoms with Crippen LogP contribution in [0.4, 0.5) is 14.5 Å². The molecule has 0 spiro atoms. The molecular weight excluding hydrogens is 304 g/mol. The summed E-state index contributed by atoms with van der Waals surface area (Å²) in [4.78, 5) is 0.522. The molecule has 2 rings (SSSR count). The molecule has 0 aliphatic carbocycles. The molecule has 2 aromatic rings. The van der Waals surface area contributed by atoms with Crippen LogP contribution >= 0.6 is 11.8 Å². The highest BCUT2D eigenvalue weighted by Crippen LogP contribution is 2.26. The number of rotatable bonds is 5. The molecule has 0 amide bonds. The maximum absolute atomic E-state index is 12.2. The number of sulfonamides is 1. The summed E-state index contributed by atoms with van der Waals surface area (Å²) >= 11 is 0.411. The molecule has 0 bridgehead atoms. The number of hydrogen-bond acceptors (Lipinski definition) is 3. The van der Waals surface area contributed by atoms with Crippen molar-refractivity contribution in [3.63, 3.8) is 0 Å². The van der Waals surface area contributed by atoms with Gasteiger partial charge in [0, 0.05) is 10.6 Å². The first-order valence-corrected chi connectivity index (χ1v) is 7.96. The van der Waals surface area contributed by atoms with Gasteiger partial charge in [0.1, 0.15) is 0 Å². The molecule has 0 heterocycles. The highest BCUT2D eigenvalue weighted by atomic mass is 32.2. The van der Waals surface area contributed by atoms with Gasteiger partial charge in [0.25, 0.3) is 15.8 Å². The number of nitrogens with one attached hydrogen (secondary N) is 1. The fourth-order valence-electron chi connectivity index (χ4n) is 1.52. The second-order valence-electron chi connectivity index (χ2n) is 3.82. The van der Waals surface area contributed by atoms with E-state index in [0.717, 1.165) is 0 Å². The molecule has 1 N–H and O–H groups in total. The van der Waals surface area contributed by atoms with Crippen molar-refractivity contribution in [1.29, 1.82) is 0 Å². The lowest BCUT2D eigenvalue weighted by Crippen LogP contribution is -2.12. The van der Waals surface area contributed by atoms with E-state index in [1.165, 1.54) is 36.4 Å². The summed E-state index contributed by atoms with van der Waals surface area (Å²) in [6, 6.07) is 13.7. The van der Waals surface area contributed by atoms with Gasteiger partial charge in [-0.15, -0.1) is 0 Å². The quantitative estimate of drug-likeness (QED) is 0.854. The molecule has 106 valence electrons. The van der Waals surface area contributed by atoms with Gasteiger partial charge in [-0.2, -0.15) is 8.78 Å². The third-order valence-corrected chi connectivity index (χ3v) is 4.50. The van der Waals surface area contributed by atoms with Crippen LogP contribution in [-0.2, 0) is 10.0 Å². The van der Waals surface area contributed by atoms with Crippen molar-refractivity contribution in [1.82, 2.24) is 0 Å². The second-order valence-corrected chi connectivity index (χ2v) is 6.57. The Kier molecular flexibility index (Phi) is 4.61. The lowest BCUT2D eigenvalue weighted by Gasteiger charge is -2.08. The van der Waals surface area contributed by atoms with E-state index in [1.54, 1.807) is 18.2 Å². The van der Waals surface area contributed by atoms with Crippen LogP contribution in [0.15, 0.2) is 64.4 Å². The topological polar surface area (TPSA) is 46.2 Å². The number of halogens is 2. The van der Waals surface area contributed by atoms with Gasteiger partial charge >= 0.3 is 0 Å². The van der Waals surface area contributed by atoms with Crippen molar-refractivity contribution in [3.8, 4) is 0 Å². The van der Waals surface area contributed by atoms with Gasteiger partial charge in [-0.3, -0.25) is 4.72 Å². The number of hydrogen-bond donors (Lipinski definition) is 1. The monoisotopic (exact) mass is 315 g/mol. The van der Waals surface area contributed by atoms with Crippen molar-refractivity contribution in [2.45, 2.75) is 15.5 Å². The van der Waals surface area contributed by atoms with Crippen molar-refractivity contribution in [2.75, 3.05) is 4.72 Å². The predicted octanol–water partition coefficient (Wildman–Crippen LogP) is 3.80. The van der Waals surface area contributed by atoms with Gasteiger partial charge < -0.3 is 0 Å². The Morgan fingerprint density at radius 1 is 0.950 bits per heavy atom. The Labute approximate surface area is 120 Å². The smallest absolute Gasteiger partial charge is 0.280 e. The second kappa shape index (κ2) is 6.23. The maximum atomic E-state index is 12.2. The molecule has 20 heavy (non-hydrogen) atoms. The van der Waals surface area contributed by atoms with Gasteiger partial charge in [0.2, 0.25) is 0 Å². The normalized spacial score (nSPS) is 11.6. The van der Waals surface area contributed by atoms with E-state index in [1.807, 2.05) is 0 Å². The van der Waals surface area contributed by atoms with Crippen LogP contribution in [-0.4, -0.2) is 14.2 Å². The van der Waals surface area contributed by atoms with E-state index in [-0.39, 0.29) is 4.90 Å². The summed E-state index contributed by atoms with van der Waals surface area (Å²) in [5, 5.41) is 0. The Balaban J connectivity index is 2.14. The van der Waals surface area contributed by atoms with Crippen LogP contribution in [0.3, 0.4) is 0 Å². The molecule has 0 saturated carbocycles. The number of anilines is 1. The van der Waals surface area contributed by atoms with Crippen LogP contribution in [0.5, 0.6) is 0 Å². The van der Waals surface area contributed by atoms with Crippen LogP contribution < -0.4 is 4.72 Å². The van der Waals surface area contributed by atoms with E-state index in [0.29, 0.717) is 22.3 Å². The first-order valence-electron chi connectivity index (χ1n) is 5.60. The fourth-order valence-corrected chi connectivity index (χ4v) is 3.10. The largest absolute Gasteiger partial charge is 0.288 e. The summed E-state index contributed by atoms with van der Waals surface area (Å²) in [6.07, 6.45) is 0. The number of alkyl halides is 2. The average molecular weight is 315 g/mol. The minimum atomic E-state index is -3.65. The number of thioether (sulfide) groups is 1. The summed E-state index contributed by atoms with van der Waals surface area (Å²) in [6.45, 7) is 0. The summed E-state index contributed by atoms with van der Waals surface area (Å²) in [7, 11) is -3.65. The summed E-state index contributed by atoms with van der Waals surface area (Å²) in [5.41, 5.74) is 0.326.